The van der Waals surface area contributed by atoms with Gasteiger partial charge in [-0.25, -0.2) is 4.79 Å². The van der Waals surface area contributed by atoms with Crippen LogP contribution in [0.25, 0.3) is 12.2 Å². The Hall–Kier alpha value is -4.11. The van der Waals surface area contributed by atoms with E-state index in [1.54, 1.807) is 36.4 Å². The Labute approximate surface area is 209 Å². The molecule has 1 heterocycles. The molecule has 3 rings (SSSR count). The van der Waals surface area contributed by atoms with Crippen LogP contribution in [-0.2, 0) is 9.59 Å². The number of aromatic hydroxyl groups is 1. The monoisotopic (exact) mass is 495 g/mol. The van der Waals surface area contributed by atoms with E-state index in [-0.39, 0.29) is 47.8 Å². The van der Waals surface area contributed by atoms with Gasteiger partial charge in [-0.1, -0.05) is 24.3 Å². The maximum Gasteiger partial charge on any atom is 0.415 e. The van der Waals surface area contributed by atoms with Gasteiger partial charge in [-0.15, -0.1) is 0 Å². The van der Waals surface area contributed by atoms with Gasteiger partial charge in [0.05, 0.1) is 20.6 Å². The van der Waals surface area contributed by atoms with Gasteiger partial charge in [-0.3, -0.25) is 9.59 Å². The fourth-order valence-corrected chi connectivity index (χ4v) is 3.64. The Morgan fingerprint density at radius 2 is 1.56 bits per heavy atom. The van der Waals surface area contributed by atoms with Crippen molar-refractivity contribution in [3.63, 3.8) is 0 Å². The Morgan fingerprint density at radius 3 is 2.14 bits per heavy atom. The van der Waals surface area contributed by atoms with Gasteiger partial charge in [-0.05, 0) is 54.0 Å². The first-order chi connectivity index (χ1) is 17.3. The molecule has 1 fully saturated rings. The van der Waals surface area contributed by atoms with Crippen LogP contribution in [0.5, 0.6) is 23.0 Å². The van der Waals surface area contributed by atoms with Crippen LogP contribution >= 0.6 is 0 Å². The van der Waals surface area contributed by atoms with E-state index in [0.717, 1.165) is 6.42 Å². The summed E-state index contributed by atoms with van der Waals surface area (Å²) in [5.74, 6) is 0.141. The smallest absolute Gasteiger partial charge is 0.415 e. The minimum absolute atomic E-state index is 0.00750. The zero-order valence-corrected chi connectivity index (χ0v) is 20.2. The maximum atomic E-state index is 12.4. The minimum Gasteiger partial charge on any atom is -0.504 e. The molecule has 2 aromatic rings. The lowest BCUT2D eigenvalue weighted by atomic mass is 10.1. The fourth-order valence-electron chi connectivity index (χ4n) is 3.64. The molecule has 0 spiro atoms. The molecule has 9 heteroatoms. The molecule has 36 heavy (non-hydrogen) atoms. The number of phenolic OH excluding ortho intramolecular Hbond substituents is 1. The molecule has 190 valence electrons. The van der Waals surface area contributed by atoms with E-state index in [2.05, 4.69) is 0 Å². The van der Waals surface area contributed by atoms with Crippen LogP contribution in [0, 0.1) is 5.92 Å². The van der Waals surface area contributed by atoms with Crippen molar-refractivity contribution >= 4 is 29.8 Å². The number of carbonyl (C=O) groups is 3. The molecule has 0 aliphatic carbocycles. The van der Waals surface area contributed by atoms with Crippen molar-refractivity contribution in [1.29, 1.82) is 0 Å². The Morgan fingerprint density at radius 1 is 0.944 bits per heavy atom. The molecule has 1 unspecified atom stereocenters. The van der Waals surface area contributed by atoms with Gasteiger partial charge in [0.2, 0.25) is 0 Å². The third-order valence-electron chi connectivity index (χ3n) is 5.66. The molecule has 1 amide bonds. The SMILES string of the molecule is COc1cc(/C=C/C(=O)CC(=O)/C=C/c2ccc(OC(=O)N3CCC(CO)C3)c(OC)c2)ccc1O. The number of methoxy groups -OCH3 is 2. The van der Waals surface area contributed by atoms with Crippen molar-refractivity contribution in [2.75, 3.05) is 33.9 Å². The fraction of sp³-hybridized carbons (Fsp3) is 0.296. The number of benzene rings is 2. The number of carbonyl (C=O) groups excluding carboxylic acids is 3. The van der Waals surface area contributed by atoms with Crippen LogP contribution in [0.4, 0.5) is 4.79 Å². The van der Waals surface area contributed by atoms with E-state index >= 15 is 0 Å². The van der Waals surface area contributed by atoms with Gasteiger partial charge in [0, 0.05) is 25.6 Å². The highest BCUT2D eigenvalue weighted by molar-refractivity contribution is 6.10. The first-order valence-electron chi connectivity index (χ1n) is 11.4. The average molecular weight is 496 g/mol. The summed E-state index contributed by atoms with van der Waals surface area (Å²) in [6, 6.07) is 9.50. The quantitative estimate of drug-likeness (QED) is 0.379. The number of ketones is 2. The number of aliphatic hydroxyl groups excluding tert-OH is 1. The number of aliphatic hydroxyl groups is 1. The van der Waals surface area contributed by atoms with E-state index in [0.29, 0.717) is 30.0 Å². The standard InChI is InChI=1S/C27H29NO8/c1-34-25-13-18(5-9-23(25)32)3-7-21(30)15-22(31)8-4-19-6-10-24(26(14-19)35-2)36-27(33)28-12-11-20(16-28)17-29/h3-10,13-14,20,29,32H,11-12,15-17H2,1-2H3/b7-3+,8-4+. The number of likely N-dealkylation sites (tertiary alicyclic amines) is 1. The number of nitrogens with zero attached hydrogens (tertiary/aromatic N) is 1. The van der Waals surface area contributed by atoms with Gasteiger partial charge >= 0.3 is 6.09 Å². The molecule has 2 N–H and O–H groups in total. The predicted molar refractivity (Wildman–Crippen MR) is 133 cm³/mol. The van der Waals surface area contributed by atoms with Crippen LogP contribution in [0.15, 0.2) is 48.6 Å². The summed E-state index contributed by atoms with van der Waals surface area (Å²) in [5.41, 5.74) is 1.27. The van der Waals surface area contributed by atoms with Crippen molar-refractivity contribution in [3.8, 4) is 23.0 Å². The number of amides is 1. The molecular weight excluding hydrogens is 466 g/mol. The Kier molecular flexibility index (Phi) is 9.24. The Bertz CT molecular complexity index is 1170. The zero-order valence-electron chi connectivity index (χ0n) is 20.2. The third kappa shape index (κ3) is 7.19. The highest BCUT2D eigenvalue weighted by Gasteiger charge is 2.27. The van der Waals surface area contributed by atoms with Crippen LogP contribution < -0.4 is 14.2 Å². The topological polar surface area (TPSA) is 123 Å². The zero-order chi connectivity index (χ0) is 26.1. The predicted octanol–water partition coefficient (Wildman–Crippen LogP) is 3.48. The van der Waals surface area contributed by atoms with E-state index < -0.39 is 6.09 Å². The van der Waals surface area contributed by atoms with Crippen LogP contribution in [-0.4, -0.2) is 66.7 Å². The first kappa shape index (κ1) is 26.5. The average Bonchev–Trinajstić information content (AvgIpc) is 3.37. The number of rotatable bonds is 10. The summed E-state index contributed by atoms with van der Waals surface area (Å²) in [4.78, 5) is 38.3. The molecule has 0 bridgehead atoms. The molecule has 9 nitrogen and oxygen atoms in total. The summed E-state index contributed by atoms with van der Waals surface area (Å²) in [5, 5.41) is 18.9. The molecule has 2 aromatic carbocycles. The number of allylic oxidation sites excluding steroid dienone is 2. The van der Waals surface area contributed by atoms with Gasteiger partial charge in [0.25, 0.3) is 0 Å². The number of hydrogen-bond acceptors (Lipinski definition) is 8. The van der Waals surface area contributed by atoms with E-state index in [9.17, 15) is 24.6 Å². The molecule has 0 saturated carbocycles. The van der Waals surface area contributed by atoms with Crippen molar-refractivity contribution in [1.82, 2.24) is 4.90 Å². The van der Waals surface area contributed by atoms with Crippen molar-refractivity contribution in [2.24, 2.45) is 5.92 Å². The van der Waals surface area contributed by atoms with Crippen molar-refractivity contribution < 1.29 is 38.8 Å². The highest BCUT2D eigenvalue weighted by Crippen LogP contribution is 2.30. The summed E-state index contributed by atoms with van der Waals surface area (Å²) in [6.45, 7) is 0.992. The van der Waals surface area contributed by atoms with Gasteiger partial charge in [-0.2, -0.15) is 0 Å². The Balaban J connectivity index is 1.56. The lowest BCUT2D eigenvalue weighted by Gasteiger charge is -2.17. The van der Waals surface area contributed by atoms with E-state index in [4.69, 9.17) is 14.2 Å². The van der Waals surface area contributed by atoms with E-state index in [1.165, 1.54) is 43.4 Å². The molecule has 1 aliphatic heterocycles. The number of hydrogen-bond donors (Lipinski definition) is 2. The minimum atomic E-state index is -0.514. The van der Waals surface area contributed by atoms with Crippen LogP contribution in [0.3, 0.4) is 0 Å². The van der Waals surface area contributed by atoms with Gasteiger partial charge in [0.1, 0.15) is 0 Å². The lowest BCUT2D eigenvalue weighted by molar-refractivity contribution is -0.121. The molecular formula is C27H29NO8. The van der Waals surface area contributed by atoms with Crippen molar-refractivity contribution in [3.05, 3.63) is 59.7 Å². The summed E-state index contributed by atoms with van der Waals surface area (Å²) >= 11 is 0. The molecule has 1 saturated heterocycles. The number of ether oxygens (including phenoxy) is 3. The molecule has 0 radical (unpaired) electrons. The largest absolute Gasteiger partial charge is 0.504 e. The van der Waals surface area contributed by atoms with Crippen LogP contribution in [0.2, 0.25) is 0 Å². The lowest BCUT2D eigenvalue weighted by Crippen LogP contribution is -2.31. The number of phenols is 1. The molecule has 1 aliphatic rings. The first-order valence-corrected chi connectivity index (χ1v) is 11.4. The second kappa shape index (κ2) is 12.6. The second-order valence-electron chi connectivity index (χ2n) is 8.27. The summed E-state index contributed by atoms with van der Waals surface area (Å²) in [7, 11) is 2.87. The van der Waals surface area contributed by atoms with Gasteiger partial charge < -0.3 is 29.3 Å². The third-order valence-corrected chi connectivity index (χ3v) is 5.66. The summed E-state index contributed by atoms with van der Waals surface area (Å²) in [6.07, 6.45) is 5.59. The highest BCUT2D eigenvalue weighted by atomic mass is 16.6. The second-order valence-corrected chi connectivity index (χ2v) is 8.27. The van der Waals surface area contributed by atoms with E-state index in [1.807, 2.05) is 0 Å². The molecule has 0 aromatic heterocycles. The maximum absolute atomic E-state index is 12.4. The van der Waals surface area contributed by atoms with Gasteiger partial charge in [0.15, 0.2) is 34.6 Å². The normalized spacial score (nSPS) is 15.4. The molecule has 1 atom stereocenters. The van der Waals surface area contributed by atoms with Crippen molar-refractivity contribution in [2.45, 2.75) is 12.8 Å². The van der Waals surface area contributed by atoms with Crippen LogP contribution in [0.1, 0.15) is 24.0 Å². The summed E-state index contributed by atoms with van der Waals surface area (Å²) < 4.78 is 15.8.